The minimum atomic E-state index is -0.331. The van der Waals surface area contributed by atoms with E-state index in [1.54, 1.807) is 7.05 Å². The van der Waals surface area contributed by atoms with Crippen LogP contribution in [-0.2, 0) is 4.79 Å². The summed E-state index contributed by atoms with van der Waals surface area (Å²) >= 11 is 0. The monoisotopic (exact) mass is 410 g/mol. The van der Waals surface area contributed by atoms with Gasteiger partial charge in [-0.2, -0.15) is 0 Å². The molecule has 1 aliphatic rings. The molecule has 1 saturated carbocycles. The van der Waals surface area contributed by atoms with Crippen LogP contribution < -0.4 is 16.0 Å². The third-order valence-electron chi connectivity index (χ3n) is 3.55. The largest absolute Gasteiger partial charge is 0.355 e. The van der Waals surface area contributed by atoms with Crippen molar-refractivity contribution >= 4 is 35.8 Å². The number of amides is 1. The summed E-state index contributed by atoms with van der Waals surface area (Å²) in [4.78, 5) is 15.9. The Morgan fingerprint density at radius 1 is 1.10 bits per heavy atom. The molecule has 21 heavy (non-hydrogen) atoms. The Labute approximate surface area is 146 Å². The van der Waals surface area contributed by atoms with Gasteiger partial charge >= 0.3 is 0 Å². The van der Waals surface area contributed by atoms with Gasteiger partial charge in [0, 0.05) is 31.6 Å². The van der Waals surface area contributed by atoms with E-state index in [4.69, 9.17) is 0 Å². The Morgan fingerprint density at radius 2 is 1.67 bits per heavy atom. The highest BCUT2D eigenvalue weighted by Crippen LogP contribution is 2.17. The highest BCUT2D eigenvalue weighted by Gasteiger charge is 2.20. The van der Waals surface area contributed by atoms with E-state index < -0.39 is 0 Å². The molecule has 0 aromatic heterocycles. The zero-order valence-corrected chi connectivity index (χ0v) is 16.1. The lowest BCUT2D eigenvalue weighted by Crippen LogP contribution is -2.47. The Kier molecular flexibility index (Phi) is 9.98. The third kappa shape index (κ3) is 8.48. The predicted octanol–water partition coefficient (Wildman–Crippen LogP) is 2.26. The van der Waals surface area contributed by atoms with Crippen molar-refractivity contribution in [2.24, 2.45) is 10.4 Å². The molecular weight excluding hydrogens is 379 g/mol. The van der Waals surface area contributed by atoms with Crippen LogP contribution in [0, 0.1) is 5.41 Å². The number of hydrogen-bond acceptors (Lipinski definition) is 2. The standard InChI is InChI=1S/C15H30N4O.HI/c1-15(2,3)13(20)17-10-11-18-14(16-4)19-12-8-6-5-7-9-12;/h12H,5-11H2,1-4H3,(H,17,20)(H2,16,18,19);1H. The molecule has 1 fully saturated rings. The Hall–Kier alpha value is -0.530. The van der Waals surface area contributed by atoms with Crippen molar-refractivity contribution < 1.29 is 4.79 Å². The first kappa shape index (κ1) is 20.5. The number of carbonyl (C=O) groups is 1. The molecule has 0 saturated heterocycles. The van der Waals surface area contributed by atoms with Gasteiger partial charge in [0.2, 0.25) is 5.91 Å². The normalized spacial score (nSPS) is 16.9. The number of halogens is 1. The molecule has 3 N–H and O–H groups in total. The lowest BCUT2D eigenvalue weighted by molar-refractivity contribution is -0.128. The van der Waals surface area contributed by atoms with Gasteiger partial charge in [-0.15, -0.1) is 24.0 Å². The van der Waals surface area contributed by atoms with Gasteiger partial charge < -0.3 is 16.0 Å². The van der Waals surface area contributed by atoms with Crippen molar-refractivity contribution in [2.45, 2.75) is 58.9 Å². The Balaban J connectivity index is 0.00000400. The lowest BCUT2D eigenvalue weighted by atomic mass is 9.96. The molecule has 0 atom stereocenters. The number of nitrogens with zero attached hydrogens (tertiary/aromatic N) is 1. The summed E-state index contributed by atoms with van der Waals surface area (Å²) in [5.41, 5.74) is -0.331. The van der Waals surface area contributed by atoms with Gasteiger partial charge in [0.1, 0.15) is 0 Å². The molecule has 0 aliphatic heterocycles. The van der Waals surface area contributed by atoms with E-state index >= 15 is 0 Å². The number of guanidine groups is 1. The summed E-state index contributed by atoms with van der Waals surface area (Å²) in [5.74, 6) is 0.913. The second kappa shape index (κ2) is 10.2. The van der Waals surface area contributed by atoms with Crippen LogP contribution in [-0.4, -0.2) is 38.0 Å². The molecule has 6 heteroatoms. The van der Waals surface area contributed by atoms with Gasteiger partial charge in [0.25, 0.3) is 0 Å². The van der Waals surface area contributed by atoms with E-state index in [-0.39, 0.29) is 35.3 Å². The molecule has 0 heterocycles. The number of rotatable bonds is 4. The van der Waals surface area contributed by atoms with Gasteiger partial charge in [0.15, 0.2) is 5.96 Å². The highest BCUT2D eigenvalue weighted by molar-refractivity contribution is 14.0. The number of hydrogen-bond donors (Lipinski definition) is 3. The van der Waals surface area contributed by atoms with Crippen LogP contribution in [0.25, 0.3) is 0 Å². The molecule has 1 aliphatic carbocycles. The number of nitrogens with one attached hydrogen (secondary N) is 3. The van der Waals surface area contributed by atoms with Crippen LogP contribution in [0.1, 0.15) is 52.9 Å². The first-order chi connectivity index (χ1) is 9.43. The third-order valence-corrected chi connectivity index (χ3v) is 3.55. The van der Waals surface area contributed by atoms with Crippen molar-refractivity contribution in [3.63, 3.8) is 0 Å². The van der Waals surface area contributed by atoms with Crippen LogP contribution in [0.15, 0.2) is 4.99 Å². The fourth-order valence-corrected chi connectivity index (χ4v) is 2.26. The molecule has 0 bridgehead atoms. The molecule has 1 amide bonds. The minimum Gasteiger partial charge on any atom is -0.355 e. The number of aliphatic imine (C=N–C) groups is 1. The van der Waals surface area contributed by atoms with Crippen LogP contribution in [0.5, 0.6) is 0 Å². The fourth-order valence-electron chi connectivity index (χ4n) is 2.26. The van der Waals surface area contributed by atoms with Crippen molar-refractivity contribution in [1.82, 2.24) is 16.0 Å². The zero-order chi connectivity index (χ0) is 15.0. The molecule has 0 aromatic carbocycles. The molecule has 0 aromatic rings. The fraction of sp³-hybridized carbons (Fsp3) is 0.867. The second-order valence-corrected chi connectivity index (χ2v) is 6.48. The smallest absolute Gasteiger partial charge is 0.225 e. The van der Waals surface area contributed by atoms with E-state index in [0.29, 0.717) is 19.1 Å². The molecule has 124 valence electrons. The van der Waals surface area contributed by atoms with Crippen LogP contribution in [0.2, 0.25) is 0 Å². The predicted molar refractivity (Wildman–Crippen MR) is 99.3 cm³/mol. The Morgan fingerprint density at radius 3 is 2.19 bits per heavy atom. The summed E-state index contributed by atoms with van der Waals surface area (Å²) < 4.78 is 0. The van der Waals surface area contributed by atoms with E-state index in [2.05, 4.69) is 20.9 Å². The quantitative estimate of drug-likeness (QED) is 0.288. The average Bonchev–Trinajstić information content (AvgIpc) is 2.42. The molecule has 5 nitrogen and oxygen atoms in total. The maximum atomic E-state index is 11.7. The summed E-state index contributed by atoms with van der Waals surface area (Å²) in [6.07, 6.45) is 6.40. The van der Waals surface area contributed by atoms with Gasteiger partial charge in [-0.05, 0) is 12.8 Å². The maximum absolute atomic E-state index is 11.7. The highest BCUT2D eigenvalue weighted by atomic mass is 127. The van der Waals surface area contributed by atoms with E-state index in [9.17, 15) is 4.79 Å². The average molecular weight is 410 g/mol. The molecule has 0 radical (unpaired) electrons. The van der Waals surface area contributed by atoms with Crippen LogP contribution >= 0.6 is 24.0 Å². The lowest BCUT2D eigenvalue weighted by Gasteiger charge is -2.25. The second-order valence-electron chi connectivity index (χ2n) is 6.48. The summed E-state index contributed by atoms with van der Waals surface area (Å²) in [6.45, 7) is 7.05. The van der Waals surface area contributed by atoms with Gasteiger partial charge in [0.05, 0.1) is 0 Å². The van der Waals surface area contributed by atoms with Gasteiger partial charge in [-0.25, -0.2) is 0 Å². The van der Waals surface area contributed by atoms with Crippen molar-refractivity contribution in [3.05, 3.63) is 0 Å². The Bertz CT molecular complexity index is 333. The topological polar surface area (TPSA) is 65.5 Å². The molecular formula is C15H31IN4O. The molecule has 0 unspecified atom stereocenters. The summed E-state index contributed by atoms with van der Waals surface area (Å²) in [6, 6.07) is 0.541. The van der Waals surface area contributed by atoms with Gasteiger partial charge in [-0.3, -0.25) is 9.79 Å². The van der Waals surface area contributed by atoms with Gasteiger partial charge in [-0.1, -0.05) is 40.0 Å². The summed E-state index contributed by atoms with van der Waals surface area (Å²) in [5, 5.41) is 9.62. The van der Waals surface area contributed by atoms with Crippen molar-refractivity contribution in [2.75, 3.05) is 20.1 Å². The van der Waals surface area contributed by atoms with E-state index in [1.165, 1.54) is 32.1 Å². The first-order valence-corrected chi connectivity index (χ1v) is 7.69. The van der Waals surface area contributed by atoms with Crippen LogP contribution in [0.4, 0.5) is 0 Å². The van der Waals surface area contributed by atoms with E-state index in [0.717, 1.165) is 5.96 Å². The molecule has 1 rings (SSSR count). The van der Waals surface area contributed by atoms with Crippen molar-refractivity contribution in [3.8, 4) is 0 Å². The summed E-state index contributed by atoms with van der Waals surface area (Å²) in [7, 11) is 1.78. The van der Waals surface area contributed by atoms with Crippen molar-refractivity contribution in [1.29, 1.82) is 0 Å². The van der Waals surface area contributed by atoms with Crippen LogP contribution in [0.3, 0.4) is 0 Å². The molecule has 0 spiro atoms. The van der Waals surface area contributed by atoms with E-state index in [1.807, 2.05) is 20.8 Å². The minimum absolute atomic E-state index is 0. The number of carbonyl (C=O) groups excluding carboxylic acids is 1. The zero-order valence-electron chi connectivity index (χ0n) is 13.8. The SMILES string of the molecule is CN=C(NCCNC(=O)C(C)(C)C)NC1CCCCC1.I. The first-order valence-electron chi connectivity index (χ1n) is 7.69. The maximum Gasteiger partial charge on any atom is 0.225 e.